The number of nitrogens with one attached hydrogen (secondary N) is 2. The van der Waals surface area contributed by atoms with Crippen LogP contribution in [0.4, 0.5) is 0 Å². The number of rotatable bonds is 12. The molecule has 0 spiro atoms. The summed E-state index contributed by atoms with van der Waals surface area (Å²) in [4.78, 5) is 4.56. The fraction of sp³-hybridized carbons (Fsp3) is 1.00. The SMILES string of the molecule is CN(C)CCCNCC12CCC(CNCCCN(C)C)(CC1)CC2. The van der Waals surface area contributed by atoms with Crippen LogP contribution in [0.5, 0.6) is 0 Å². The van der Waals surface area contributed by atoms with Crippen molar-refractivity contribution in [2.75, 3.05) is 67.5 Å². The molecule has 4 nitrogen and oxygen atoms in total. The zero-order chi connectivity index (χ0) is 17.5. The van der Waals surface area contributed by atoms with Crippen molar-refractivity contribution in [2.45, 2.75) is 51.4 Å². The second-order valence-electron chi connectivity index (χ2n) is 9.17. The standard InChI is InChI=1S/C20H42N4/c1-23(2)15-5-13-21-17-19-7-10-20(11-8-19,12-9-19)18-22-14-6-16-24(3)4/h21-22H,5-18H2,1-4H3. The molecule has 0 amide bonds. The molecule has 0 atom stereocenters. The van der Waals surface area contributed by atoms with Crippen molar-refractivity contribution < 1.29 is 0 Å². The number of fused-ring (bicyclic) bond motifs is 3. The first-order chi connectivity index (χ1) is 11.5. The van der Waals surface area contributed by atoms with E-state index in [1.807, 2.05) is 0 Å². The lowest BCUT2D eigenvalue weighted by Crippen LogP contribution is -2.50. The maximum Gasteiger partial charge on any atom is 0.000782 e. The molecular formula is C20H42N4. The molecule has 0 radical (unpaired) electrons. The lowest BCUT2D eigenvalue weighted by molar-refractivity contribution is -0.00727. The Balaban J connectivity index is 1.61. The Kier molecular flexibility index (Phi) is 7.99. The Morgan fingerprint density at radius 2 is 0.958 bits per heavy atom. The minimum Gasteiger partial charge on any atom is -0.316 e. The summed E-state index contributed by atoms with van der Waals surface area (Å²) in [6.45, 7) is 7.27. The molecule has 0 aromatic carbocycles. The van der Waals surface area contributed by atoms with Crippen molar-refractivity contribution in [3.63, 3.8) is 0 Å². The third-order valence-electron chi connectivity index (χ3n) is 6.47. The van der Waals surface area contributed by atoms with Crippen LogP contribution in [0.2, 0.25) is 0 Å². The van der Waals surface area contributed by atoms with E-state index in [1.54, 1.807) is 0 Å². The van der Waals surface area contributed by atoms with Gasteiger partial charge in [-0.15, -0.1) is 0 Å². The number of hydrogen-bond acceptors (Lipinski definition) is 4. The third kappa shape index (κ3) is 6.29. The highest BCUT2D eigenvalue weighted by Crippen LogP contribution is 2.56. The largest absolute Gasteiger partial charge is 0.316 e. The van der Waals surface area contributed by atoms with Gasteiger partial charge in [0.05, 0.1) is 0 Å². The maximum atomic E-state index is 3.76. The monoisotopic (exact) mass is 338 g/mol. The second kappa shape index (κ2) is 9.51. The summed E-state index contributed by atoms with van der Waals surface area (Å²) in [7, 11) is 8.65. The molecule has 3 aliphatic rings. The molecule has 0 aromatic rings. The Hall–Kier alpha value is -0.160. The van der Waals surface area contributed by atoms with E-state index in [-0.39, 0.29) is 0 Å². The summed E-state index contributed by atoms with van der Waals surface area (Å²) >= 11 is 0. The molecule has 24 heavy (non-hydrogen) atoms. The highest BCUT2D eigenvalue weighted by atomic mass is 15.1. The molecule has 0 saturated heterocycles. The molecule has 0 unspecified atom stereocenters. The van der Waals surface area contributed by atoms with Gasteiger partial charge in [-0.3, -0.25) is 0 Å². The molecule has 4 heteroatoms. The van der Waals surface area contributed by atoms with Gasteiger partial charge in [0, 0.05) is 13.1 Å². The second-order valence-corrected chi connectivity index (χ2v) is 9.17. The van der Waals surface area contributed by atoms with Gasteiger partial charge >= 0.3 is 0 Å². The molecule has 3 saturated carbocycles. The van der Waals surface area contributed by atoms with E-state index in [4.69, 9.17) is 0 Å². The van der Waals surface area contributed by atoms with Crippen LogP contribution < -0.4 is 10.6 Å². The predicted molar refractivity (Wildman–Crippen MR) is 105 cm³/mol. The quantitative estimate of drug-likeness (QED) is 0.535. The number of nitrogens with zero attached hydrogens (tertiary/aromatic N) is 2. The molecule has 3 aliphatic carbocycles. The van der Waals surface area contributed by atoms with Crippen LogP contribution in [0.15, 0.2) is 0 Å². The van der Waals surface area contributed by atoms with E-state index in [1.165, 1.54) is 90.6 Å². The molecule has 3 rings (SSSR count). The van der Waals surface area contributed by atoms with Crippen LogP contribution in [0, 0.1) is 10.8 Å². The Morgan fingerprint density at radius 1 is 0.625 bits per heavy atom. The highest BCUT2D eigenvalue weighted by Gasteiger charge is 2.47. The first-order valence-electron chi connectivity index (χ1n) is 10.2. The summed E-state index contributed by atoms with van der Waals surface area (Å²) in [6.07, 6.45) is 11.2. The van der Waals surface area contributed by atoms with E-state index in [2.05, 4.69) is 48.6 Å². The normalized spacial score (nSPS) is 29.8. The van der Waals surface area contributed by atoms with Gasteiger partial charge in [0.2, 0.25) is 0 Å². The minimum atomic E-state index is 0.630. The minimum absolute atomic E-state index is 0.630. The summed E-state index contributed by atoms with van der Waals surface area (Å²) < 4.78 is 0. The van der Waals surface area contributed by atoms with Gasteiger partial charge in [-0.05, 0) is 117 Å². The predicted octanol–water partition coefficient (Wildman–Crippen LogP) is 2.41. The van der Waals surface area contributed by atoms with E-state index in [0.29, 0.717) is 10.8 Å². The van der Waals surface area contributed by atoms with Crippen LogP contribution >= 0.6 is 0 Å². The highest BCUT2D eigenvalue weighted by molar-refractivity contribution is 5.01. The molecule has 3 fully saturated rings. The molecule has 0 heterocycles. The van der Waals surface area contributed by atoms with E-state index in [9.17, 15) is 0 Å². The topological polar surface area (TPSA) is 30.5 Å². The number of hydrogen-bond donors (Lipinski definition) is 2. The van der Waals surface area contributed by atoms with Gasteiger partial charge in [0.1, 0.15) is 0 Å². The van der Waals surface area contributed by atoms with Gasteiger partial charge in [-0.1, -0.05) is 0 Å². The molecule has 142 valence electrons. The Bertz CT molecular complexity index is 295. The average molecular weight is 339 g/mol. The van der Waals surface area contributed by atoms with Crippen LogP contribution in [-0.2, 0) is 0 Å². The fourth-order valence-electron chi connectivity index (χ4n) is 4.62. The van der Waals surface area contributed by atoms with Gasteiger partial charge in [0.15, 0.2) is 0 Å². The Labute approximate surface area is 150 Å². The van der Waals surface area contributed by atoms with Crippen molar-refractivity contribution in [1.29, 1.82) is 0 Å². The van der Waals surface area contributed by atoms with Gasteiger partial charge in [0.25, 0.3) is 0 Å². The smallest absolute Gasteiger partial charge is 0.000782 e. The molecule has 2 N–H and O–H groups in total. The van der Waals surface area contributed by atoms with E-state index >= 15 is 0 Å². The zero-order valence-electron chi connectivity index (χ0n) is 16.8. The van der Waals surface area contributed by atoms with Gasteiger partial charge in [-0.25, -0.2) is 0 Å². The van der Waals surface area contributed by atoms with Crippen molar-refractivity contribution in [2.24, 2.45) is 10.8 Å². The lowest BCUT2D eigenvalue weighted by atomic mass is 9.53. The van der Waals surface area contributed by atoms with Crippen LogP contribution in [0.1, 0.15) is 51.4 Å². The van der Waals surface area contributed by atoms with Crippen LogP contribution in [-0.4, -0.2) is 77.3 Å². The molecule has 0 aliphatic heterocycles. The average Bonchev–Trinajstić information content (AvgIpc) is 2.55. The van der Waals surface area contributed by atoms with Gasteiger partial charge in [-0.2, -0.15) is 0 Å². The first-order valence-corrected chi connectivity index (χ1v) is 10.2. The third-order valence-corrected chi connectivity index (χ3v) is 6.47. The molecular weight excluding hydrogens is 296 g/mol. The fourth-order valence-corrected chi connectivity index (χ4v) is 4.62. The van der Waals surface area contributed by atoms with Crippen molar-refractivity contribution >= 4 is 0 Å². The van der Waals surface area contributed by atoms with Crippen LogP contribution in [0.3, 0.4) is 0 Å². The Morgan fingerprint density at radius 3 is 1.25 bits per heavy atom. The van der Waals surface area contributed by atoms with Gasteiger partial charge < -0.3 is 20.4 Å². The van der Waals surface area contributed by atoms with Crippen molar-refractivity contribution in [3.8, 4) is 0 Å². The first kappa shape index (κ1) is 20.2. The molecule has 2 bridgehead atoms. The molecule has 0 aromatic heterocycles. The zero-order valence-corrected chi connectivity index (χ0v) is 16.8. The summed E-state index contributed by atoms with van der Waals surface area (Å²) in [5.74, 6) is 0. The summed E-state index contributed by atoms with van der Waals surface area (Å²) in [6, 6.07) is 0. The van der Waals surface area contributed by atoms with Crippen molar-refractivity contribution in [3.05, 3.63) is 0 Å². The van der Waals surface area contributed by atoms with Crippen LogP contribution in [0.25, 0.3) is 0 Å². The van der Waals surface area contributed by atoms with Crippen molar-refractivity contribution in [1.82, 2.24) is 20.4 Å². The summed E-state index contributed by atoms with van der Waals surface area (Å²) in [5.41, 5.74) is 1.26. The van der Waals surface area contributed by atoms with E-state index < -0.39 is 0 Å². The lowest BCUT2D eigenvalue weighted by Gasteiger charge is -2.54. The summed E-state index contributed by atoms with van der Waals surface area (Å²) in [5, 5.41) is 7.53. The maximum absolute atomic E-state index is 3.76. The van der Waals surface area contributed by atoms with E-state index in [0.717, 1.165) is 0 Å².